The van der Waals surface area contributed by atoms with E-state index in [0.29, 0.717) is 16.7 Å². The van der Waals surface area contributed by atoms with Crippen LogP contribution in [0.4, 0.5) is 4.79 Å². The number of ether oxygens (including phenoxy) is 2. The fourth-order valence-electron chi connectivity index (χ4n) is 3.12. The SMILES string of the molecule is COc1ccc2c(C[C@@H](NC(=O)CNC(=O)OCc3ccccc3)C(N)=O)cc(=O)oc2c1. The van der Waals surface area contributed by atoms with Gasteiger partial charge in [-0.25, -0.2) is 9.59 Å². The van der Waals surface area contributed by atoms with Crippen LogP contribution >= 0.6 is 0 Å². The quantitative estimate of drug-likeness (QED) is 0.413. The number of amides is 3. The second-order valence-electron chi connectivity index (χ2n) is 7.09. The maximum absolute atomic E-state index is 12.3. The molecule has 0 spiro atoms. The number of carbonyl (C=O) groups is 3. The summed E-state index contributed by atoms with van der Waals surface area (Å²) >= 11 is 0. The van der Waals surface area contributed by atoms with E-state index in [0.717, 1.165) is 5.56 Å². The maximum Gasteiger partial charge on any atom is 0.407 e. The van der Waals surface area contributed by atoms with E-state index in [-0.39, 0.29) is 18.6 Å². The predicted octanol–water partition coefficient (Wildman–Crippen LogP) is 1.24. The fraction of sp³-hybridized carbons (Fsp3) is 0.217. The number of nitrogens with one attached hydrogen (secondary N) is 2. The minimum atomic E-state index is -1.12. The third kappa shape index (κ3) is 6.57. The zero-order chi connectivity index (χ0) is 23.8. The Balaban J connectivity index is 1.60. The lowest BCUT2D eigenvalue weighted by atomic mass is 10.0. The fourth-order valence-corrected chi connectivity index (χ4v) is 3.12. The van der Waals surface area contributed by atoms with Crippen molar-refractivity contribution in [3.63, 3.8) is 0 Å². The highest BCUT2D eigenvalue weighted by Gasteiger charge is 2.21. The van der Waals surface area contributed by atoms with Gasteiger partial charge in [0.1, 0.15) is 30.5 Å². The van der Waals surface area contributed by atoms with Crippen molar-refractivity contribution in [1.29, 1.82) is 0 Å². The normalized spacial score (nSPS) is 11.4. The van der Waals surface area contributed by atoms with Gasteiger partial charge < -0.3 is 30.3 Å². The second-order valence-corrected chi connectivity index (χ2v) is 7.09. The van der Waals surface area contributed by atoms with E-state index in [2.05, 4.69) is 10.6 Å². The molecule has 0 saturated carbocycles. The molecule has 33 heavy (non-hydrogen) atoms. The Hall–Kier alpha value is -4.34. The molecule has 0 aliphatic heterocycles. The molecule has 0 fully saturated rings. The summed E-state index contributed by atoms with van der Waals surface area (Å²) in [6.07, 6.45) is -0.834. The van der Waals surface area contributed by atoms with Gasteiger partial charge in [0, 0.05) is 23.9 Å². The second kappa shape index (κ2) is 10.8. The molecule has 0 bridgehead atoms. The van der Waals surface area contributed by atoms with Crippen molar-refractivity contribution in [2.75, 3.05) is 13.7 Å². The minimum absolute atomic E-state index is 0.0477. The minimum Gasteiger partial charge on any atom is -0.497 e. The number of benzene rings is 2. The highest BCUT2D eigenvalue weighted by atomic mass is 16.5. The summed E-state index contributed by atoms with van der Waals surface area (Å²) in [5.41, 5.74) is 6.35. The molecular formula is C23H23N3O7. The van der Waals surface area contributed by atoms with E-state index in [1.807, 2.05) is 18.2 Å². The Labute approximate surface area is 188 Å². The lowest BCUT2D eigenvalue weighted by Gasteiger charge is -2.17. The van der Waals surface area contributed by atoms with Crippen molar-refractivity contribution in [2.45, 2.75) is 19.1 Å². The average Bonchev–Trinajstić information content (AvgIpc) is 2.81. The standard InChI is InChI=1S/C23H23N3O7/c1-31-16-7-8-17-15(10-21(28)33-19(17)11-16)9-18(22(24)29)26-20(27)12-25-23(30)32-13-14-5-3-2-4-6-14/h2-8,10-11,18H,9,12-13H2,1H3,(H2,24,29)(H,25,30)(H,26,27)/t18-/m1/s1. The Morgan fingerprint density at radius 1 is 1.09 bits per heavy atom. The monoisotopic (exact) mass is 453 g/mol. The molecule has 172 valence electrons. The number of hydrogen-bond donors (Lipinski definition) is 3. The number of rotatable bonds is 9. The Bertz CT molecular complexity index is 1210. The summed E-state index contributed by atoms with van der Waals surface area (Å²) in [5, 5.41) is 5.34. The van der Waals surface area contributed by atoms with Gasteiger partial charge in [-0.2, -0.15) is 0 Å². The van der Waals surface area contributed by atoms with Gasteiger partial charge in [0.05, 0.1) is 7.11 Å². The van der Waals surface area contributed by atoms with Crippen LogP contribution in [0.25, 0.3) is 11.0 Å². The smallest absolute Gasteiger partial charge is 0.407 e. The van der Waals surface area contributed by atoms with E-state index < -0.39 is 36.1 Å². The molecule has 10 heteroatoms. The number of fused-ring (bicyclic) bond motifs is 1. The zero-order valence-corrected chi connectivity index (χ0v) is 17.8. The van der Waals surface area contributed by atoms with Gasteiger partial charge in [-0.1, -0.05) is 30.3 Å². The van der Waals surface area contributed by atoms with Crippen LogP contribution in [0.2, 0.25) is 0 Å². The highest BCUT2D eigenvalue weighted by Crippen LogP contribution is 2.23. The summed E-state index contributed by atoms with van der Waals surface area (Å²) in [7, 11) is 1.48. The lowest BCUT2D eigenvalue weighted by molar-refractivity contribution is -0.126. The first kappa shape index (κ1) is 23.3. The molecule has 3 amide bonds. The van der Waals surface area contributed by atoms with Crippen molar-refractivity contribution < 1.29 is 28.3 Å². The Morgan fingerprint density at radius 3 is 2.55 bits per heavy atom. The topological polar surface area (TPSA) is 150 Å². The van der Waals surface area contributed by atoms with Gasteiger partial charge in [0.2, 0.25) is 11.8 Å². The largest absolute Gasteiger partial charge is 0.497 e. The van der Waals surface area contributed by atoms with E-state index in [1.165, 1.54) is 13.2 Å². The molecule has 3 aromatic rings. The zero-order valence-electron chi connectivity index (χ0n) is 17.8. The molecule has 0 saturated heterocycles. The summed E-state index contributed by atoms with van der Waals surface area (Å²) in [4.78, 5) is 47.9. The number of carbonyl (C=O) groups excluding carboxylic acids is 3. The van der Waals surface area contributed by atoms with Crippen LogP contribution in [0.3, 0.4) is 0 Å². The average molecular weight is 453 g/mol. The van der Waals surface area contributed by atoms with Crippen molar-refractivity contribution in [1.82, 2.24) is 10.6 Å². The molecule has 3 rings (SSSR count). The van der Waals surface area contributed by atoms with Gasteiger partial charge in [-0.15, -0.1) is 0 Å². The predicted molar refractivity (Wildman–Crippen MR) is 118 cm³/mol. The third-order valence-corrected chi connectivity index (χ3v) is 4.75. The van der Waals surface area contributed by atoms with E-state index in [4.69, 9.17) is 19.6 Å². The number of methoxy groups -OCH3 is 1. The van der Waals surface area contributed by atoms with E-state index in [9.17, 15) is 19.2 Å². The Morgan fingerprint density at radius 2 is 1.85 bits per heavy atom. The van der Waals surface area contributed by atoms with Crippen molar-refractivity contribution in [3.05, 3.63) is 76.1 Å². The molecule has 1 aromatic heterocycles. The molecule has 1 heterocycles. The summed E-state index contributed by atoms with van der Waals surface area (Å²) < 4.78 is 15.3. The first-order valence-electron chi connectivity index (χ1n) is 9.99. The Kier molecular flexibility index (Phi) is 7.64. The third-order valence-electron chi connectivity index (χ3n) is 4.75. The van der Waals surface area contributed by atoms with Crippen LogP contribution in [-0.4, -0.2) is 37.6 Å². The van der Waals surface area contributed by atoms with Crippen LogP contribution in [0, 0.1) is 0 Å². The summed E-state index contributed by atoms with van der Waals surface area (Å²) in [6, 6.07) is 14.1. The maximum atomic E-state index is 12.3. The van der Waals surface area contributed by atoms with Crippen LogP contribution in [0.15, 0.2) is 63.8 Å². The molecule has 0 aliphatic carbocycles. The summed E-state index contributed by atoms with van der Waals surface area (Å²) in [5.74, 6) is -0.956. The van der Waals surface area contributed by atoms with E-state index in [1.54, 1.807) is 30.3 Å². The molecular weight excluding hydrogens is 430 g/mol. The number of alkyl carbamates (subject to hydrolysis) is 1. The van der Waals surface area contributed by atoms with Gasteiger partial charge in [0.25, 0.3) is 0 Å². The number of nitrogens with two attached hydrogens (primary N) is 1. The first-order valence-corrected chi connectivity index (χ1v) is 9.99. The van der Waals surface area contributed by atoms with Gasteiger partial charge in [-0.3, -0.25) is 9.59 Å². The summed E-state index contributed by atoms with van der Waals surface area (Å²) in [6.45, 7) is -0.376. The molecule has 10 nitrogen and oxygen atoms in total. The van der Waals surface area contributed by atoms with Crippen LogP contribution in [0.1, 0.15) is 11.1 Å². The van der Waals surface area contributed by atoms with Crippen molar-refractivity contribution in [3.8, 4) is 5.75 Å². The first-order chi connectivity index (χ1) is 15.9. The van der Waals surface area contributed by atoms with Crippen LogP contribution < -0.4 is 26.7 Å². The van der Waals surface area contributed by atoms with Gasteiger partial charge >= 0.3 is 11.7 Å². The molecule has 2 aromatic carbocycles. The van der Waals surface area contributed by atoms with Crippen molar-refractivity contribution >= 4 is 28.9 Å². The van der Waals surface area contributed by atoms with E-state index >= 15 is 0 Å². The molecule has 4 N–H and O–H groups in total. The molecule has 1 atom stereocenters. The number of primary amides is 1. The molecule has 0 aliphatic rings. The molecule has 0 unspecified atom stereocenters. The van der Waals surface area contributed by atoms with Crippen LogP contribution in [0.5, 0.6) is 5.75 Å². The highest BCUT2D eigenvalue weighted by molar-refractivity contribution is 5.90. The van der Waals surface area contributed by atoms with Gasteiger partial charge in [-0.05, 0) is 23.3 Å². The molecule has 0 radical (unpaired) electrons. The lowest BCUT2D eigenvalue weighted by Crippen LogP contribution is -2.49. The van der Waals surface area contributed by atoms with Crippen LogP contribution in [-0.2, 0) is 27.4 Å². The van der Waals surface area contributed by atoms with Crippen molar-refractivity contribution in [2.24, 2.45) is 5.73 Å². The van der Waals surface area contributed by atoms with Gasteiger partial charge in [0.15, 0.2) is 0 Å². The number of hydrogen-bond acceptors (Lipinski definition) is 7.